The molecule has 1 heterocycles. The summed E-state index contributed by atoms with van der Waals surface area (Å²) in [6, 6.07) is 0. The normalized spacial score (nSPS) is 21.3. The second-order valence-corrected chi connectivity index (χ2v) is 3.47. The van der Waals surface area contributed by atoms with Crippen LogP contribution in [0, 0.1) is 0 Å². The third kappa shape index (κ3) is 1.28. The summed E-state index contributed by atoms with van der Waals surface area (Å²) in [5.41, 5.74) is -0.0498. The molecule has 0 aromatic heterocycles. The van der Waals surface area contributed by atoms with E-state index in [0.29, 0.717) is 0 Å². The highest BCUT2D eigenvalue weighted by atomic mass is 16.4. The van der Waals surface area contributed by atoms with Crippen molar-refractivity contribution < 1.29 is 9.90 Å². The number of likely N-dealkylation sites (tertiary alicyclic amines) is 1. The molecule has 0 radical (unpaired) electrons. The molecule has 1 fully saturated rings. The molecule has 3 nitrogen and oxygen atoms in total. The summed E-state index contributed by atoms with van der Waals surface area (Å²) in [6.07, 6.45) is 3.18. The van der Waals surface area contributed by atoms with Crippen LogP contribution in [-0.4, -0.2) is 28.2 Å². The van der Waals surface area contributed by atoms with Crippen molar-refractivity contribution in [2.75, 3.05) is 6.54 Å². The van der Waals surface area contributed by atoms with E-state index >= 15 is 0 Å². The van der Waals surface area contributed by atoms with Crippen LogP contribution in [0.3, 0.4) is 0 Å². The summed E-state index contributed by atoms with van der Waals surface area (Å²) in [6.45, 7) is 4.87. The van der Waals surface area contributed by atoms with Crippen LogP contribution >= 0.6 is 0 Å². The second-order valence-electron chi connectivity index (χ2n) is 3.47. The van der Waals surface area contributed by atoms with Crippen LogP contribution in [0.2, 0.25) is 0 Å². The fourth-order valence-electron chi connectivity index (χ4n) is 2.22. The summed E-state index contributed by atoms with van der Waals surface area (Å²) in [5, 5.41) is 8.94. The highest BCUT2D eigenvalue weighted by molar-refractivity contribution is 5.66. The predicted octanol–water partition coefficient (Wildman–Crippen LogP) is 2.32. The lowest BCUT2D eigenvalue weighted by Crippen LogP contribution is -2.45. The molecule has 1 rings (SSSR count). The number of hydrogen-bond acceptors (Lipinski definition) is 1. The van der Waals surface area contributed by atoms with Gasteiger partial charge in [-0.1, -0.05) is 13.8 Å². The summed E-state index contributed by atoms with van der Waals surface area (Å²) >= 11 is 0. The highest BCUT2D eigenvalue weighted by Crippen LogP contribution is 2.34. The lowest BCUT2D eigenvalue weighted by Gasteiger charge is -2.35. The van der Waals surface area contributed by atoms with Gasteiger partial charge in [-0.25, -0.2) is 4.79 Å². The molecule has 1 amide bonds. The molecule has 12 heavy (non-hydrogen) atoms. The summed E-state index contributed by atoms with van der Waals surface area (Å²) in [4.78, 5) is 12.5. The Morgan fingerprint density at radius 2 is 2.08 bits per heavy atom. The number of amides is 1. The largest absolute Gasteiger partial charge is 0.465 e. The number of carboxylic acid groups (broad SMARTS) is 1. The van der Waals surface area contributed by atoms with E-state index in [1.165, 1.54) is 0 Å². The fourth-order valence-corrected chi connectivity index (χ4v) is 2.22. The average Bonchev–Trinajstić information content (AvgIpc) is 2.48. The first-order chi connectivity index (χ1) is 5.66. The third-order valence-corrected chi connectivity index (χ3v) is 3.14. The van der Waals surface area contributed by atoms with Gasteiger partial charge in [0, 0.05) is 12.1 Å². The number of hydrogen-bond donors (Lipinski definition) is 1. The highest BCUT2D eigenvalue weighted by Gasteiger charge is 2.40. The van der Waals surface area contributed by atoms with Crippen LogP contribution in [0.1, 0.15) is 39.5 Å². The maximum atomic E-state index is 10.9. The zero-order valence-corrected chi connectivity index (χ0v) is 7.84. The summed E-state index contributed by atoms with van der Waals surface area (Å²) < 4.78 is 0. The van der Waals surface area contributed by atoms with Crippen LogP contribution in [0.25, 0.3) is 0 Å². The smallest absolute Gasteiger partial charge is 0.407 e. The molecule has 0 aliphatic carbocycles. The SMILES string of the molecule is CCC1(CC)CCCN1C(=O)O. The maximum Gasteiger partial charge on any atom is 0.407 e. The first kappa shape index (κ1) is 9.36. The zero-order valence-electron chi connectivity index (χ0n) is 7.84. The summed E-state index contributed by atoms with van der Waals surface area (Å²) in [5.74, 6) is 0. The van der Waals surface area contributed by atoms with Gasteiger partial charge in [0.15, 0.2) is 0 Å². The van der Waals surface area contributed by atoms with E-state index in [-0.39, 0.29) is 5.54 Å². The van der Waals surface area contributed by atoms with Crippen molar-refractivity contribution in [1.82, 2.24) is 4.90 Å². The molecule has 0 saturated carbocycles. The van der Waals surface area contributed by atoms with Crippen LogP contribution in [0.4, 0.5) is 4.79 Å². The minimum absolute atomic E-state index is 0.0498. The van der Waals surface area contributed by atoms with E-state index < -0.39 is 6.09 Å². The van der Waals surface area contributed by atoms with Crippen LogP contribution in [0.15, 0.2) is 0 Å². The molecular weight excluding hydrogens is 154 g/mol. The second kappa shape index (κ2) is 3.33. The van der Waals surface area contributed by atoms with Gasteiger partial charge in [-0.05, 0) is 25.7 Å². The number of carbonyl (C=O) groups is 1. The van der Waals surface area contributed by atoms with Gasteiger partial charge in [-0.2, -0.15) is 0 Å². The minimum atomic E-state index is -0.754. The van der Waals surface area contributed by atoms with Gasteiger partial charge in [-0.3, -0.25) is 0 Å². The topological polar surface area (TPSA) is 40.5 Å². The predicted molar refractivity (Wildman–Crippen MR) is 47.3 cm³/mol. The van der Waals surface area contributed by atoms with E-state index in [2.05, 4.69) is 13.8 Å². The number of rotatable bonds is 2. The Hall–Kier alpha value is -0.730. The monoisotopic (exact) mass is 171 g/mol. The Kier molecular flexibility index (Phi) is 2.60. The zero-order chi connectivity index (χ0) is 9.19. The molecule has 0 unspecified atom stereocenters. The molecule has 3 heteroatoms. The Bertz CT molecular complexity index is 175. The van der Waals surface area contributed by atoms with Crippen molar-refractivity contribution in [2.24, 2.45) is 0 Å². The summed E-state index contributed by atoms with van der Waals surface area (Å²) in [7, 11) is 0. The van der Waals surface area contributed by atoms with E-state index in [9.17, 15) is 4.79 Å². The van der Waals surface area contributed by atoms with Crippen molar-refractivity contribution in [3.05, 3.63) is 0 Å². The fraction of sp³-hybridized carbons (Fsp3) is 0.889. The average molecular weight is 171 g/mol. The van der Waals surface area contributed by atoms with Crippen LogP contribution in [0.5, 0.6) is 0 Å². The molecule has 0 aromatic rings. The lowest BCUT2D eigenvalue weighted by atomic mass is 9.90. The Labute approximate surface area is 73.4 Å². The van der Waals surface area contributed by atoms with Crippen LogP contribution < -0.4 is 0 Å². The van der Waals surface area contributed by atoms with Crippen LogP contribution in [-0.2, 0) is 0 Å². The minimum Gasteiger partial charge on any atom is -0.465 e. The van der Waals surface area contributed by atoms with Gasteiger partial charge in [0.1, 0.15) is 0 Å². The van der Waals surface area contributed by atoms with Gasteiger partial charge < -0.3 is 10.0 Å². The van der Waals surface area contributed by atoms with Gasteiger partial charge in [0.25, 0.3) is 0 Å². The maximum absolute atomic E-state index is 10.9. The van der Waals surface area contributed by atoms with E-state index in [1.807, 2.05) is 0 Å². The molecule has 0 spiro atoms. The van der Waals surface area contributed by atoms with Gasteiger partial charge in [0.05, 0.1) is 0 Å². The molecule has 1 saturated heterocycles. The van der Waals surface area contributed by atoms with E-state index in [0.717, 1.165) is 32.2 Å². The molecule has 70 valence electrons. The van der Waals surface area contributed by atoms with Crippen molar-refractivity contribution >= 4 is 6.09 Å². The molecule has 1 aliphatic heterocycles. The van der Waals surface area contributed by atoms with Gasteiger partial charge in [0.2, 0.25) is 0 Å². The third-order valence-electron chi connectivity index (χ3n) is 3.14. The van der Waals surface area contributed by atoms with Gasteiger partial charge >= 0.3 is 6.09 Å². The van der Waals surface area contributed by atoms with Crippen molar-refractivity contribution in [1.29, 1.82) is 0 Å². The quantitative estimate of drug-likeness (QED) is 0.692. The number of nitrogens with zero attached hydrogens (tertiary/aromatic N) is 1. The Morgan fingerprint density at radius 1 is 1.50 bits per heavy atom. The standard InChI is InChI=1S/C9H17NO2/c1-3-9(4-2)6-5-7-10(9)8(11)12/h3-7H2,1-2H3,(H,11,12). The molecule has 1 aliphatic rings. The molecule has 0 atom stereocenters. The molecule has 0 bridgehead atoms. The Morgan fingerprint density at radius 3 is 2.42 bits per heavy atom. The first-order valence-corrected chi connectivity index (χ1v) is 4.67. The molecule has 0 aromatic carbocycles. The van der Waals surface area contributed by atoms with Crippen molar-refractivity contribution in [2.45, 2.75) is 45.1 Å². The van der Waals surface area contributed by atoms with Gasteiger partial charge in [-0.15, -0.1) is 0 Å². The van der Waals surface area contributed by atoms with Crippen molar-refractivity contribution in [3.8, 4) is 0 Å². The van der Waals surface area contributed by atoms with E-state index in [4.69, 9.17) is 5.11 Å². The van der Waals surface area contributed by atoms with E-state index in [1.54, 1.807) is 4.90 Å². The molecular formula is C9H17NO2. The van der Waals surface area contributed by atoms with Crippen molar-refractivity contribution in [3.63, 3.8) is 0 Å². The first-order valence-electron chi connectivity index (χ1n) is 4.67. The molecule has 1 N–H and O–H groups in total. The lowest BCUT2D eigenvalue weighted by molar-refractivity contribution is 0.0969. The Balaban J connectivity index is 2.78.